The Morgan fingerprint density at radius 3 is 2.89 bits per heavy atom. The lowest BCUT2D eigenvalue weighted by molar-refractivity contribution is 0.198. The number of hydrogen-bond donors (Lipinski definition) is 2. The van der Waals surface area contributed by atoms with Crippen molar-refractivity contribution in [1.29, 1.82) is 0 Å². The zero-order chi connectivity index (χ0) is 12.4. The standard InChI is InChI=1S/C14H18N4/c1-18-8-7-15-10-14(18)13-9-12(16-17-13)11-5-3-2-4-6-11/h2-6,9,14-15H,7-8,10H2,1H3,(H,16,17). The minimum Gasteiger partial charge on any atom is -0.313 e. The Morgan fingerprint density at radius 1 is 1.28 bits per heavy atom. The number of likely N-dealkylation sites (N-methyl/N-ethyl adjacent to an activating group) is 1. The van der Waals surface area contributed by atoms with Gasteiger partial charge in [0.05, 0.1) is 17.4 Å². The Morgan fingerprint density at radius 2 is 2.11 bits per heavy atom. The quantitative estimate of drug-likeness (QED) is 0.841. The summed E-state index contributed by atoms with van der Waals surface area (Å²) in [4.78, 5) is 2.36. The Kier molecular flexibility index (Phi) is 3.13. The Hall–Kier alpha value is -1.65. The fourth-order valence-electron chi connectivity index (χ4n) is 2.42. The van der Waals surface area contributed by atoms with E-state index >= 15 is 0 Å². The van der Waals surface area contributed by atoms with Gasteiger partial charge in [0.25, 0.3) is 0 Å². The summed E-state index contributed by atoms with van der Waals surface area (Å²) in [6, 6.07) is 12.8. The molecule has 1 saturated heterocycles. The molecule has 0 amide bonds. The molecule has 94 valence electrons. The molecule has 0 radical (unpaired) electrons. The number of piperazine rings is 1. The fraction of sp³-hybridized carbons (Fsp3) is 0.357. The third kappa shape index (κ3) is 2.17. The van der Waals surface area contributed by atoms with E-state index in [1.54, 1.807) is 0 Å². The minimum absolute atomic E-state index is 0.392. The molecule has 2 aromatic rings. The highest BCUT2D eigenvalue weighted by Gasteiger charge is 2.22. The summed E-state index contributed by atoms with van der Waals surface area (Å²) >= 11 is 0. The minimum atomic E-state index is 0.392. The first kappa shape index (κ1) is 11.4. The predicted molar refractivity (Wildman–Crippen MR) is 72.3 cm³/mol. The highest BCUT2D eigenvalue weighted by molar-refractivity contribution is 5.59. The van der Waals surface area contributed by atoms with E-state index in [0.29, 0.717) is 6.04 Å². The summed E-state index contributed by atoms with van der Waals surface area (Å²) in [5.74, 6) is 0. The number of rotatable bonds is 2. The zero-order valence-corrected chi connectivity index (χ0v) is 10.6. The van der Waals surface area contributed by atoms with Crippen LogP contribution in [0, 0.1) is 0 Å². The number of aromatic nitrogens is 2. The van der Waals surface area contributed by atoms with Crippen LogP contribution in [0.2, 0.25) is 0 Å². The monoisotopic (exact) mass is 242 g/mol. The molecule has 2 heterocycles. The van der Waals surface area contributed by atoms with Crippen molar-refractivity contribution >= 4 is 0 Å². The van der Waals surface area contributed by atoms with Crippen LogP contribution in [-0.2, 0) is 0 Å². The molecule has 1 aromatic carbocycles. The number of nitrogens with one attached hydrogen (secondary N) is 2. The van der Waals surface area contributed by atoms with Gasteiger partial charge < -0.3 is 5.32 Å². The van der Waals surface area contributed by atoms with Crippen molar-refractivity contribution in [1.82, 2.24) is 20.4 Å². The van der Waals surface area contributed by atoms with Crippen LogP contribution in [0.4, 0.5) is 0 Å². The second-order valence-corrected chi connectivity index (χ2v) is 4.78. The smallest absolute Gasteiger partial charge is 0.0924 e. The third-order valence-electron chi connectivity index (χ3n) is 3.54. The first-order chi connectivity index (χ1) is 8.84. The van der Waals surface area contributed by atoms with Gasteiger partial charge in [-0.3, -0.25) is 10.00 Å². The molecule has 1 aliphatic heterocycles. The molecule has 0 spiro atoms. The summed E-state index contributed by atoms with van der Waals surface area (Å²) in [6.45, 7) is 3.12. The van der Waals surface area contributed by atoms with Crippen molar-refractivity contribution in [3.8, 4) is 11.3 Å². The summed E-state index contributed by atoms with van der Waals surface area (Å²) < 4.78 is 0. The third-order valence-corrected chi connectivity index (χ3v) is 3.54. The van der Waals surface area contributed by atoms with E-state index in [-0.39, 0.29) is 0 Å². The topological polar surface area (TPSA) is 44.0 Å². The van der Waals surface area contributed by atoms with Crippen molar-refractivity contribution in [2.24, 2.45) is 0 Å². The summed E-state index contributed by atoms with van der Waals surface area (Å²) in [7, 11) is 2.16. The molecule has 0 saturated carbocycles. The summed E-state index contributed by atoms with van der Waals surface area (Å²) in [6.07, 6.45) is 0. The number of benzene rings is 1. The molecule has 1 atom stereocenters. The van der Waals surface area contributed by atoms with Gasteiger partial charge in [-0.1, -0.05) is 30.3 Å². The molecule has 4 nitrogen and oxygen atoms in total. The van der Waals surface area contributed by atoms with Crippen LogP contribution in [-0.4, -0.2) is 41.8 Å². The molecule has 2 N–H and O–H groups in total. The van der Waals surface area contributed by atoms with E-state index in [1.165, 1.54) is 5.69 Å². The maximum Gasteiger partial charge on any atom is 0.0924 e. The number of aromatic amines is 1. The van der Waals surface area contributed by atoms with Crippen molar-refractivity contribution < 1.29 is 0 Å². The molecule has 1 aromatic heterocycles. The van der Waals surface area contributed by atoms with Gasteiger partial charge in [0, 0.05) is 25.2 Å². The van der Waals surface area contributed by atoms with Gasteiger partial charge >= 0.3 is 0 Å². The SMILES string of the molecule is CN1CCNCC1c1cc(-c2ccccc2)n[nH]1. The van der Waals surface area contributed by atoms with Gasteiger partial charge in [-0.05, 0) is 13.1 Å². The highest BCUT2D eigenvalue weighted by Crippen LogP contribution is 2.23. The maximum atomic E-state index is 4.42. The average molecular weight is 242 g/mol. The lowest BCUT2D eigenvalue weighted by Gasteiger charge is -2.32. The van der Waals surface area contributed by atoms with Crippen LogP contribution in [0.1, 0.15) is 11.7 Å². The molecular formula is C14H18N4. The van der Waals surface area contributed by atoms with Crippen LogP contribution >= 0.6 is 0 Å². The molecule has 0 bridgehead atoms. The molecular weight excluding hydrogens is 224 g/mol. The second-order valence-electron chi connectivity index (χ2n) is 4.78. The molecule has 18 heavy (non-hydrogen) atoms. The molecule has 1 unspecified atom stereocenters. The molecule has 0 aliphatic carbocycles. The number of hydrogen-bond acceptors (Lipinski definition) is 3. The fourth-order valence-corrected chi connectivity index (χ4v) is 2.42. The van der Waals surface area contributed by atoms with Gasteiger partial charge in [-0.15, -0.1) is 0 Å². The molecule has 3 rings (SSSR count). The largest absolute Gasteiger partial charge is 0.313 e. The molecule has 4 heteroatoms. The van der Waals surface area contributed by atoms with E-state index in [2.05, 4.69) is 45.7 Å². The van der Waals surface area contributed by atoms with Gasteiger partial charge in [0.15, 0.2) is 0 Å². The first-order valence-electron chi connectivity index (χ1n) is 6.36. The maximum absolute atomic E-state index is 4.42. The summed E-state index contributed by atoms with van der Waals surface area (Å²) in [5.41, 5.74) is 3.36. The van der Waals surface area contributed by atoms with Crippen molar-refractivity contribution in [2.75, 3.05) is 26.7 Å². The van der Waals surface area contributed by atoms with Crippen molar-refractivity contribution in [2.45, 2.75) is 6.04 Å². The van der Waals surface area contributed by atoms with Crippen LogP contribution < -0.4 is 5.32 Å². The summed E-state index contributed by atoms with van der Waals surface area (Å²) in [5, 5.41) is 11.0. The van der Waals surface area contributed by atoms with Gasteiger partial charge in [0.2, 0.25) is 0 Å². The van der Waals surface area contributed by atoms with E-state index in [0.717, 1.165) is 30.9 Å². The lowest BCUT2D eigenvalue weighted by Crippen LogP contribution is -2.43. The van der Waals surface area contributed by atoms with Gasteiger partial charge in [-0.2, -0.15) is 5.10 Å². The second kappa shape index (κ2) is 4.92. The lowest BCUT2D eigenvalue weighted by atomic mass is 10.1. The Balaban J connectivity index is 1.85. The molecule has 1 aliphatic rings. The Bertz CT molecular complexity index is 506. The van der Waals surface area contributed by atoms with E-state index in [4.69, 9.17) is 0 Å². The van der Waals surface area contributed by atoms with Crippen LogP contribution in [0.5, 0.6) is 0 Å². The van der Waals surface area contributed by atoms with Gasteiger partial charge in [0.1, 0.15) is 0 Å². The number of H-pyrrole nitrogens is 1. The van der Waals surface area contributed by atoms with E-state index in [9.17, 15) is 0 Å². The van der Waals surface area contributed by atoms with Crippen molar-refractivity contribution in [3.05, 3.63) is 42.1 Å². The predicted octanol–water partition coefficient (Wildman–Crippen LogP) is 1.65. The van der Waals surface area contributed by atoms with Crippen molar-refractivity contribution in [3.63, 3.8) is 0 Å². The van der Waals surface area contributed by atoms with Crippen LogP contribution in [0.15, 0.2) is 36.4 Å². The van der Waals surface area contributed by atoms with E-state index < -0.39 is 0 Å². The normalized spacial score (nSPS) is 21.1. The number of nitrogens with zero attached hydrogens (tertiary/aromatic N) is 2. The highest BCUT2D eigenvalue weighted by atomic mass is 15.2. The average Bonchev–Trinajstić information content (AvgIpc) is 2.90. The zero-order valence-electron chi connectivity index (χ0n) is 10.6. The molecule has 1 fully saturated rings. The van der Waals surface area contributed by atoms with Crippen LogP contribution in [0.3, 0.4) is 0 Å². The van der Waals surface area contributed by atoms with Gasteiger partial charge in [-0.25, -0.2) is 0 Å². The Labute approximate surface area is 107 Å². The van der Waals surface area contributed by atoms with E-state index in [1.807, 2.05) is 18.2 Å². The van der Waals surface area contributed by atoms with Crippen LogP contribution in [0.25, 0.3) is 11.3 Å². The first-order valence-corrected chi connectivity index (χ1v) is 6.36.